The number of halogens is 3. The molecule has 1 aliphatic heterocycles. The van der Waals surface area contributed by atoms with Crippen LogP contribution in [0, 0.1) is 0 Å². The van der Waals surface area contributed by atoms with Crippen molar-refractivity contribution in [3.05, 3.63) is 59.9 Å². The Bertz CT molecular complexity index is 1500. The molecular formula is C28H30F3N7O2. The van der Waals surface area contributed by atoms with Gasteiger partial charge in [-0.05, 0) is 49.2 Å². The number of carbonyl (C=O) groups excluding carboxylic acids is 1. The molecule has 0 spiro atoms. The molecule has 210 valence electrons. The normalized spacial score (nSPS) is 16.6. The first-order valence-corrected chi connectivity index (χ1v) is 13.0. The second kappa shape index (κ2) is 10.8. The van der Waals surface area contributed by atoms with Gasteiger partial charge in [0, 0.05) is 43.1 Å². The van der Waals surface area contributed by atoms with Crippen molar-refractivity contribution in [2.45, 2.75) is 38.9 Å². The Kier molecular flexibility index (Phi) is 7.37. The van der Waals surface area contributed by atoms with Crippen molar-refractivity contribution in [1.82, 2.24) is 19.9 Å². The molecular weight excluding hydrogens is 523 g/mol. The number of carbonyl (C=O) groups is 1. The zero-order chi connectivity index (χ0) is 28.6. The Morgan fingerprint density at radius 3 is 2.58 bits per heavy atom. The number of benzene rings is 1. The van der Waals surface area contributed by atoms with E-state index in [1.807, 2.05) is 22.8 Å². The number of alkyl halides is 3. The second-order valence-electron chi connectivity index (χ2n) is 10.3. The number of hydrogen-bond acceptors (Lipinski definition) is 8. The van der Waals surface area contributed by atoms with E-state index in [0.717, 1.165) is 17.8 Å². The predicted octanol–water partition coefficient (Wildman–Crippen LogP) is 5.16. The van der Waals surface area contributed by atoms with E-state index in [0.29, 0.717) is 59.5 Å². The molecule has 1 amide bonds. The van der Waals surface area contributed by atoms with Gasteiger partial charge < -0.3 is 20.4 Å². The molecule has 0 unspecified atom stereocenters. The number of nitrogens with one attached hydrogen (secondary N) is 1. The summed E-state index contributed by atoms with van der Waals surface area (Å²) in [7, 11) is 0. The van der Waals surface area contributed by atoms with Crippen LogP contribution < -0.4 is 16.0 Å². The third-order valence-electron chi connectivity index (χ3n) is 6.88. The van der Waals surface area contributed by atoms with Gasteiger partial charge in [0.15, 0.2) is 5.58 Å². The van der Waals surface area contributed by atoms with E-state index >= 15 is 0 Å². The Labute approximate surface area is 229 Å². The topological polar surface area (TPSA) is 113 Å². The lowest BCUT2D eigenvalue weighted by Crippen LogP contribution is -2.53. The SMILES string of the molecule is CC(C)c1cc(N)cc2nc(-c3ccc(NC(=O)CN4CCN(c5ccc(C(F)(F)F)cn5)[C@H](C)C4)cn3)oc12. The summed E-state index contributed by atoms with van der Waals surface area (Å²) in [6.07, 6.45) is -2.02. The predicted molar refractivity (Wildman–Crippen MR) is 147 cm³/mol. The average molecular weight is 554 g/mol. The molecule has 4 heterocycles. The largest absolute Gasteiger partial charge is 0.434 e. The number of nitrogens with two attached hydrogens (primary N) is 1. The van der Waals surface area contributed by atoms with Crippen molar-refractivity contribution in [3.8, 4) is 11.6 Å². The minimum atomic E-state index is -4.42. The lowest BCUT2D eigenvalue weighted by molar-refractivity contribution is -0.137. The van der Waals surface area contributed by atoms with Crippen LogP contribution in [0.2, 0.25) is 0 Å². The third kappa shape index (κ3) is 5.86. The van der Waals surface area contributed by atoms with E-state index in [-0.39, 0.29) is 24.4 Å². The van der Waals surface area contributed by atoms with E-state index in [2.05, 4.69) is 34.1 Å². The Morgan fingerprint density at radius 2 is 1.95 bits per heavy atom. The van der Waals surface area contributed by atoms with Crippen LogP contribution in [0.3, 0.4) is 0 Å². The molecule has 0 radical (unpaired) electrons. The smallest absolute Gasteiger partial charge is 0.417 e. The van der Waals surface area contributed by atoms with E-state index in [9.17, 15) is 18.0 Å². The molecule has 40 heavy (non-hydrogen) atoms. The summed E-state index contributed by atoms with van der Waals surface area (Å²) in [5.74, 6) is 0.875. The maximum Gasteiger partial charge on any atom is 0.417 e. The maximum absolute atomic E-state index is 12.8. The van der Waals surface area contributed by atoms with Crippen LogP contribution in [0.5, 0.6) is 0 Å². The van der Waals surface area contributed by atoms with Gasteiger partial charge in [0.25, 0.3) is 0 Å². The number of piperazine rings is 1. The first-order chi connectivity index (χ1) is 19.0. The lowest BCUT2D eigenvalue weighted by atomic mass is 10.0. The summed E-state index contributed by atoms with van der Waals surface area (Å²) >= 11 is 0. The van der Waals surface area contributed by atoms with E-state index in [1.54, 1.807) is 24.4 Å². The van der Waals surface area contributed by atoms with Gasteiger partial charge in [0.2, 0.25) is 11.8 Å². The molecule has 1 atom stereocenters. The molecule has 1 aliphatic rings. The van der Waals surface area contributed by atoms with Crippen molar-refractivity contribution in [2.75, 3.05) is 42.1 Å². The van der Waals surface area contributed by atoms with Crippen molar-refractivity contribution < 1.29 is 22.4 Å². The van der Waals surface area contributed by atoms with Gasteiger partial charge in [-0.2, -0.15) is 13.2 Å². The standard InChI is InChI=1S/C28H30F3N7O2/c1-16(2)21-10-19(32)11-23-26(21)40-27(36-23)22-6-5-20(13-33-22)35-25(39)15-37-8-9-38(17(3)14-37)24-7-4-18(12-34-24)28(29,30)31/h4-7,10-13,16-17H,8-9,14-15,32H2,1-3H3,(H,35,39)/t17-/m1/s1. The highest BCUT2D eigenvalue weighted by Gasteiger charge is 2.32. The molecule has 1 saturated heterocycles. The van der Waals surface area contributed by atoms with E-state index < -0.39 is 11.7 Å². The molecule has 12 heteroatoms. The van der Waals surface area contributed by atoms with Gasteiger partial charge in [-0.25, -0.2) is 15.0 Å². The first-order valence-electron chi connectivity index (χ1n) is 13.0. The number of nitrogens with zero attached hydrogens (tertiary/aromatic N) is 5. The summed E-state index contributed by atoms with van der Waals surface area (Å²) in [6.45, 7) is 7.91. The van der Waals surface area contributed by atoms with Crippen LogP contribution in [0.1, 0.15) is 37.8 Å². The minimum absolute atomic E-state index is 0.0328. The Morgan fingerprint density at radius 1 is 1.15 bits per heavy atom. The number of nitrogen functional groups attached to an aromatic ring is 1. The summed E-state index contributed by atoms with van der Waals surface area (Å²) < 4.78 is 44.5. The zero-order valence-electron chi connectivity index (χ0n) is 22.4. The van der Waals surface area contributed by atoms with E-state index in [4.69, 9.17) is 10.2 Å². The van der Waals surface area contributed by atoms with Crippen LogP contribution in [0.15, 0.2) is 53.2 Å². The first kappa shape index (κ1) is 27.4. The number of amides is 1. The lowest BCUT2D eigenvalue weighted by Gasteiger charge is -2.40. The molecule has 0 aliphatic carbocycles. The van der Waals surface area contributed by atoms with Crippen molar-refractivity contribution in [3.63, 3.8) is 0 Å². The summed E-state index contributed by atoms with van der Waals surface area (Å²) in [5.41, 5.74) is 9.26. The number of aromatic nitrogens is 3. The Balaban J connectivity index is 1.18. The maximum atomic E-state index is 12.8. The van der Waals surface area contributed by atoms with Gasteiger partial charge in [-0.3, -0.25) is 9.69 Å². The molecule has 1 fully saturated rings. The summed E-state index contributed by atoms with van der Waals surface area (Å²) in [6, 6.07) is 9.52. The Hall–Kier alpha value is -4.19. The molecule has 3 aromatic heterocycles. The number of fused-ring (bicyclic) bond motifs is 1. The van der Waals surface area contributed by atoms with Gasteiger partial charge in [0.05, 0.1) is 24.0 Å². The number of anilines is 3. The summed E-state index contributed by atoms with van der Waals surface area (Å²) in [4.78, 5) is 29.6. The van der Waals surface area contributed by atoms with Gasteiger partial charge in [0.1, 0.15) is 17.0 Å². The summed E-state index contributed by atoms with van der Waals surface area (Å²) in [5, 5.41) is 2.86. The number of rotatable bonds is 6. The number of hydrogen-bond donors (Lipinski definition) is 2. The average Bonchev–Trinajstić information content (AvgIpc) is 3.32. The number of pyridine rings is 2. The molecule has 9 nitrogen and oxygen atoms in total. The highest BCUT2D eigenvalue weighted by Crippen LogP contribution is 2.32. The highest BCUT2D eigenvalue weighted by molar-refractivity contribution is 5.92. The van der Waals surface area contributed by atoms with Crippen LogP contribution in [0.25, 0.3) is 22.7 Å². The monoisotopic (exact) mass is 553 g/mol. The fraction of sp³-hybridized carbons (Fsp3) is 0.357. The van der Waals surface area contributed by atoms with Crippen molar-refractivity contribution in [2.24, 2.45) is 0 Å². The van der Waals surface area contributed by atoms with Crippen LogP contribution in [-0.4, -0.2) is 58.0 Å². The molecule has 5 rings (SSSR count). The molecule has 4 aromatic rings. The van der Waals surface area contributed by atoms with E-state index in [1.165, 1.54) is 6.07 Å². The second-order valence-corrected chi connectivity index (χ2v) is 10.3. The third-order valence-corrected chi connectivity index (χ3v) is 6.88. The molecule has 1 aromatic carbocycles. The fourth-order valence-corrected chi connectivity index (χ4v) is 4.86. The number of oxazole rings is 1. The fourth-order valence-electron chi connectivity index (χ4n) is 4.86. The zero-order valence-corrected chi connectivity index (χ0v) is 22.4. The molecule has 0 saturated carbocycles. The van der Waals surface area contributed by atoms with Crippen LogP contribution in [0.4, 0.5) is 30.4 Å². The van der Waals surface area contributed by atoms with Gasteiger partial charge in [-0.1, -0.05) is 13.8 Å². The minimum Gasteiger partial charge on any atom is -0.434 e. The highest BCUT2D eigenvalue weighted by atomic mass is 19.4. The van der Waals surface area contributed by atoms with Gasteiger partial charge >= 0.3 is 6.18 Å². The van der Waals surface area contributed by atoms with Crippen LogP contribution >= 0.6 is 0 Å². The van der Waals surface area contributed by atoms with Crippen molar-refractivity contribution in [1.29, 1.82) is 0 Å². The van der Waals surface area contributed by atoms with Gasteiger partial charge in [-0.15, -0.1) is 0 Å². The quantitative estimate of drug-likeness (QED) is 0.315. The molecule has 0 bridgehead atoms. The van der Waals surface area contributed by atoms with Crippen LogP contribution in [-0.2, 0) is 11.0 Å². The molecule has 3 N–H and O–H groups in total. The van der Waals surface area contributed by atoms with Crippen molar-refractivity contribution >= 4 is 34.2 Å².